The van der Waals surface area contributed by atoms with Crippen LogP contribution in [0.2, 0.25) is 0 Å². The van der Waals surface area contributed by atoms with E-state index in [-0.39, 0.29) is 25.0 Å². The van der Waals surface area contributed by atoms with Gasteiger partial charge in [-0.2, -0.15) is 30.6 Å². The van der Waals surface area contributed by atoms with Crippen LogP contribution < -0.4 is 10.5 Å². The van der Waals surface area contributed by atoms with Crippen LogP contribution in [0.5, 0.6) is 0 Å². The molecule has 2 unspecified atom stereocenters. The molecule has 1 aliphatic rings. The molecule has 0 aliphatic carbocycles. The number of nitrogens with two attached hydrogens (primary N) is 1. The minimum atomic E-state index is -4.55. The van der Waals surface area contributed by atoms with Crippen LogP contribution in [-0.2, 0) is 10.2 Å². The Balaban J connectivity index is 2.62. The van der Waals surface area contributed by atoms with Gasteiger partial charge in [0.15, 0.2) is 0 Å². The van der Waals surface area contributed by atoms with Gasteiger partial charge in [-0.25, -0.2) is 0 Å². The summed E-state index contributed by atoms with van der Waals surface area (Å²) < 4.78 is 61.9. The molecule has 2 atom stereocenters. The van der Waals surface area contributed by atoms with Crippen LogP contribution in [0.4, 0.5) is 13.2 Å². The van der Waals surface area contributed by atoms with Crippen molar-refractivity contribution in [3.8, 4) is 0 Å². The lowest BCUT2D eigenvalue weighted by Crippen LogP contribution is -2.50. The molecule has 1 saturated heterocycles. The summed E-state index contributed by atoms with van der Waals surface area (Å²) in [5, 5.41) is 0. The molecule has 1 fully saturated rings. The summed E-state index contributed by atoms with van der Waals surface area (Å²) in [4.78, 5) is 0. The molecule has 18 heavy (non-hydrogen) atoms. The van der Waals surface area contributed by atoms with E-state index in [2.05, 4.69) is 0 Å². The largest absolute Gasteiger partial charge is 0.402 e. The van der Waals surface area contributed by atoms with E-state index in [0.717, 1.165) is 10.7 Å². The maximum absolute atomic E-state index is 12.0. The zero-order valence-electron chi connectivity index (χ0n) is 10.1. The van der Waals surface area contributed by atoms with Gasteiger partial charge < -0.3 is 5.73 Å². The molecule has 0 saturated carbocycles. The first-order chi connectivity index (χ1) is 8.12. The zero-order valence-corrected chi connectivity index (χ0v) is 10.9. The van der Waals surface area contributed by atoms with Gasteiger partial charge in [-0.05, 0) is 25.7 Å². The maximum Gasteiger partial charge on any atom is 0.402 e. The Hall–Kier alpha value is -0.380. The Bertz CT molecular complexity index is 370. The van der Waals surface area contributed by atoms with E-state index in [1.807, 2.05) is 0 Å². The van der Waals surface area contributed by atoms with Crippen molar-refractivity contribution in [1.82, 2.24) is 9.03 Å². The Morgan fingerprint density at radius 1 is 1.50 bits per heavy atom. The lowest BCUT2D eigenvalue weighted by Gasteiger charge is -2.33. The fourth-order valence-electron chi connectivity index (χ4n) is 1.89. The van der Waals surface area contributed by atoms with E-state index in [4.69, 9.17) is 5.73 Å². The van der Waals surface area contributed by atoms with E-state index in [1.54, 1.807) is 11.6 Å². The number of hydrogen-bond acceptors (Lipinski definition) is 3. The topological polar surface area (TPSA) is 75.4 Å². The van der Waals surface area contributed by atoms with Crippen molar-refractivity contribution in [3.63, 3.8) is 0 Å². The van der Waals surface area contributed by atoms with Crippen LogP contribution in [-0.4, -0.2) is 44.6 Å². The number of halogens is 3. The normalized spacial score (nSPS) is 25.1. The van der Waals surface area contributed by atoms with Gasteiger partial charge in [0.25, 0.3) is 10.2 Å². The molecule has 0 aromatic heterocycles. The van der Waals surface area contributed by atoms with Crippen molar-refractivity contribution < 1.29 is 21.6 Å². The van der Waals surface area contributed by atoms with E-state index >= 15 is 0 Å². The summed E-state index contributed by atoms with van der Waals surface area (Å²) in [7, 11) is -4.08. The standard InChI is InChI=1S/C9H18F3N3O2S/c1-7(13)8-3-2-4-15(5-8)18(16,17)14-6-9(10,11)12/h7-8,14H,2-6,13H2,1H3. The molecule has 5 nitrogen and oxygen atoms in total. The molecule has 108 valence electrons. The number of nitrogens with zero attached hydrogens (tertiary/aromatic N) is 1. The van der Waals surface area contributed by atoms with Crippen LogP contribution in [0.15, 0.2) is 0 Å². The third kappa shape index (κ3) is 4.71. The maximum atomic E-state index is 12.0. The highest BCUT2D eigenvalue weighted by Gasteiger charge is 2.34. The zero-order chi connectivity index (χ0) is 14.0. The first kappa shape index (κ1) is 15.7. The van der Waals surface area contributed by atoms with Crippen molar-refractivity contribution in [1.29, 1.82) is 0 Å². The van der Waals surface area contributed by atoms with E-state index in [9.17, 15) is 21.6 Å². The molecule has 0 spiro atoms. The fourth-order valence-corrected chi connectivity index (χ4v) is 3.17. The Morgan fingerprint density at radius 3 is 2.61 bits per heavy atom. The van der Waals surface area contributed by atoms with Gasteiger partial charge in [0.2, 0.25) is 0 Å². The molecule has 9 heteroatoms. The highest BCUT2D eigenvalue weighted by molar-refractivity contribution is 7.87. The average molecular weight is 289 g/mol. The SMILES string of the molecule is CC(N)C1CCCN(S(=O)(=O)NCC(F)(F)F)C1. The van der Waals surface area contributed by atoms with Gasteiger partial charge in [-0.1, -0.05) is 0 Å². The third-order valence-corrected chi connectivity index (χ3v) is 4.48. The van der Waals surface area contributed by atoms with Gasteiger partial charge in [0.1, 0.15) is 6.54 Å². The van der Waals surface area contributed by atoms with Gasteiger partial charge in [-0.15, -0.1) is 0 Å². The van der Waals surface area contributed by atoms with Crippen LogP contribution >= 0.6 is 0 Å². The van der Waals surface area contributed by atoms with Crippen molar-refractivity contribution in [2.45, 2.75) is 32.0 Å². The van der Waals surface area contributed by atoms with Crippen LogP contribution in [0.25, 0.3) is 0 Å². The second-order valence-electron chi connectivity index (χ2n) is 4.56. The number of hydrogen-bond donors (Lipinski definition) is 2. The smallest absolute Gasteiger partial charge is 0.328 e. The Kier molecular flexibility index (Phi) is 4.98. The van der Waals surface area contributed by atoms with Crippen molar-refractivity contribution in [3.05, 3.63) is 0 Å². The highest BCUT2D eigenvalue weighted by Crippen LogP contribution is 2.21. The first-order valence-electron chi connectivity index (χ1n) is 5.69. The number of piperidine rings is 1. The number of nitrogens with one attached hydrogen (secondary N) is 1. The quantitative estimate of drug-likeness (QED) is 0.788. The summed E-state index contributed by atoms with van der Waals surface area (Å²) in [6, 6.07) is -0.175. The lowest BCUT2D eigenvalue weighted by atomic mass is 9.93. The predicted octanol–water partition coefficient (Wildman–Crippen LogP) is 0.442. The van der Waals surface area contributed by atoms with E-state index in [0.29, 0.717) is 6.42 Å². The number of alkyl halides is 3. The van der Waals surface area contributed by atoms with Crippen molar-refractivity contribution >= 4 is 10.2 Å². The molecule has 0 radical (unpaired) electrons. The minimum absolute atomic E-state index is 0.0128. The van der Waals surface area contributed by atoms with Crippen LogP contribution in [0.3, 0.4) is 0 Å². The minimum Gasteiger partial charge on any atom is -0.328 e. The van der Waals surface area contributed by atoms with Gasteiger partial charge in [0.05, 0.1) is 0 Å². The molecule has 0 amide bonds. The average Bonchev–Trinajstić information content (AvgIpc) is 2.26. The van der Waals surface area contributed by atoms with Gasteiger partial charge in [0, 0.05) is 19.1 Å². The van der Waals surface area contributed by atoms with Gasteiger partial charge >= 0.3 is 6.18 Å². The van der Waals surface area contributed by atoms with E-state index in [1.165, 1.54) is 0 Å². The lowest BCUT2D eigenvalue weighted by molar-refractivity contribution is -0.121. The molecular formula is C9H18F3N3O2S. The molecule has 3 N–H and O–H groups in total. The molecule has 1 aliphatic heterocycles. The Labute approximate surface area is 105 Å². The first-order valence-corrected chi connectivity index (χ1v) is 7.13. The van der Waals surface area contributed by atoms with Crippen LogP contribution in [0, 0.1) is 5.92 Å². The van der Waals surface area contributed by atoms with Crippen LogP contribution in [0.1, 0.15) is 19.8 Å². The van der Waals surface area contributed by atoms with E-state index < -0.39 is 22.9 Å². The predicted molar refractivity (Wildman–Crippen MR) is 60.9 cm³/mol. The monoisotopic (exact) mass is 289 g/mol. The second-order valence-corrected chi connectivity index (χ2v) is 6.32. The molecule has 1 rings (SSSR count). The second kappa shape index (κ2) is 5.72. The summed E-state index contributed by atoms with van der Waals surface area (Å²) in [6.07, 6.45) is -3.15. The molecule has 0 aromatic rings. The molecule has 0 aromatic carbocycles. The third-order valence-electron chi connectivity index (χ3n) is 2.96. The Morgan fingerprint density at radius 2 is 2.11 bits per heavy atom. The summed E-state index contributed by atoms with van der Waals surface area (Å²) in [5.74, 6) is -0.0128. The fraction of sp³-hybridized carbons (Fsp3) is 1.00. The summed E-state index contributed by atoms with van der Waals surface area (Å²) in [5.41, 5.74) is 5.69. The summed E-state index contributed by atoms with van der Waals surface area (Å²) in [6.45, 7) is 0.625. The van der Waals surface area contributed by atoms with Gasteiger partial charge in [-0.3, -0.25) is 0 Å². The molecule has 1 heterocycles. The van der Waals surface area contributed by atoms with Crippen molar-refractivity contribution in [2.75, 3.05) is 19.6 Å². The summed E-state index contributed by atoms with van der Waals surface area (Å²) >= 11 is 0. The molecule has 0 bridgehead atoms. The number of rotatable bonds is 4. The highest BCUT2D eigenvalue weighted by atomic mass is 32.2. The van der Waals surface area contributed by atoms with Crippen molar-refractivity contribution in [2.24, 2.45) is 11.7 Å². The molecular weight excluding hydrogens is 271 g/mol.